The maximum Gasteiger partial charge on any atom is 0.435 e. The van der Waals surface area contributed by atoms with Crippen LogP contribution in [0.3, 0.4) is 0 Å². The molecule has 34 heavy (non-hydrogen) atoms. The Morgan fingerprint density at radius 2 is 1.56 bits per heavy atom. The van der Waals surface area contributed by atoms with Crippen molar-refractivity contribution >= 4 is 29.0 Å². The van der Waals surface area contributed by atoms with E-state index in [4.69, 9.17) is 11.6 Å². The van der Waals surface area contributed by atoms with Crippen molar-refractivity contribution in [2.75, 3.05) is 5.32 Å². The molecule has 1 amide bonds. The molecule has 174 valence electrons. The molecule has 1 N–H and O–H groups in total. The second-order valence-corrected chi connectivity index (χ2v) is 7.85. The Morgan fingerprint density at radius 3 is 2.15 bits per heavy atom. The predicted octanol–water partition coefficient (Wildman–Crippen LogP) is 6.91. The van der Waals surface area contributed by atoms with Gasteiger partial charge in [-0.15, -0.1) is 0 Å². The van der Waals surface area contributed by atoms with Crippen LogP contribution in [0, 0.1) is 0 Å². The lowest BCUT2D eigenvalue weighted by Crippen LogP contribution is -2.11. The number of nitrogens with one attached hydrogen (secondary N) is 1. The number of carbonyl (C=O) groups excluding carboxylic acids is 2. The van der Waals surface area contributed by atoms with Crippen LogP contribution >= 0.6 is 11.6 Å². The van der Waals surface area contributed by atoms with E-state index in [2.05, 4.69) is 10.4 Å². The lowest BCUT2D eigenvalue weighted by molar-refractivity contribution is -0.141. The molecule has 0 aliphatic carbocycles. The van der Waals surface area contributed by atoms with Crippen LogP contribution in [0.1, 0.15) is 34.8 Å². The summed E-state index contributed by atoms with van der Waals surface area (Å²) in [6.07, 6.45) is -4.64. The summed E-state index contributed by atoms with van der Waals surface area (Å²) in [6.45, 7) is 1.45. The fraction of sp³-hybridized carbons (Fsp3) is 0.0800. The number of ketones is 1. The number of alkyl halides is 3. The van der Waals surface area contributed by atoms with Crippen molar-refractivity contribution in [3.63, 3.8) is 0 Å². The van der Waals surface area contributed by atoms with Gasteiger partial charge in [0.1, 0.15) is 0 Å². The molecule has 4 rings (SSSR count). The lowest BCUT2D eigenvalue weighted by Gasteiger charge is -2.10. The molecule has 0 bridgehead atoms. The monoisotopic (exact) mass is 485 g/mol. The topological polar surface area (TPSA) is 64.0 Å². The summed E-state index contributed by atoms with van der Waals surface area (Å²) in [5.41, 5.74) is 1.17. The van der Waals surface area contributed by atoms with Gasteiger partial charge >= 0.3 is 6.18 Å². The van der Waals surface area contributed by atoms with Crippen molar-refractivity contribution in [3.05, 3.63) is 101 Å². The SMILES string of the molecule is CC(=O)c1ccc(NC(=O)c2ccc(-c3cc(C(F)(F)F)nn3-c3ccccc3Cl)cc2)cc1.[HH]. The van der Waals surface area contributed by atoms with E-state index in [-0.39, 0.29) is 17.9 Å². The third kappa shape index (κ3) is 4.87. The van der Waals surface area contributed by atoms with E-state index >= 15 is 0 Å². The Morgan fingerprint density at radius 1 is 0.941 bits per heavy atom. The number of rotatable bonds is 5. The zero-order chi connectivity index (χ0) is 24.5. The van der Waals surface area contributed by atoms with Gasteiger partial charge in [0.15, 0.2) is 11.5 Å². The van der Waals surface area contributed by atoms with E-state index in [1.807, 2.05) is 0 Å². The molecule has 4 aromatic rings. The lowest BCUT2D eigenvalue weighted by atomic mass is 10.1. The van der Waals surface area contributed by atoms with Crippen LogP contribution in [-0.2, 0) is 6.18 Å². The van der Waals surface area contributed by atoms with Gasteiger partial charge in [-0.2, -0.15) is 18.3 Å². The van der Waals surface area contributed by atoms with Crippen LogP contribution in [0.25, 0.3) is 16.9 Å². The molecule has 3 aromatic carbocycles. The van der Waals surface area contributed by atoms with Crippen molar-refractivity contribution in [1.29, 1.82) is 0 Å². The highest BCUT2D eigenvalue weighted by Gasteiger charge is 2.35. The highest BCUT2D eigenvalue weighted by molar-refractivity contribution is 6.32. The number of anilines is 1. The second-order valence-electron chi connectivity index (χ2n) is 7.44. The normalized spacial score (nSPS) is 11.3. The number of amides is 1. The first kappa shape index (κ1) is 23.3. The van der Waals surface area contributed by atoms with Gasteiger partial charge in [0.05, 0.1) is 16.4 Å². The number of hydrogen-bond donors (Lipinski definition) is 1. The molecule has 5 nitrogen and oxygen atoms in total. The Bertz CT molecular complexity index is 1370. The fourth-order valence-electron chi connectivity index (χ4n) is 3.32. The molecule has 0 aliphatic rings. The average Bonchev–Trinajstić information content (AvgIpc) is 3.26. The van der Waals surface area contributed by atoms with Crippen LogP contribution in [-0.4, -0.2) is 21.5 Å². The molecule has 1 heterocycles. The largest absolute Gasteiger partial charge is 0.435 e. The minimum atomic E-state index is -4.64. The number of hydrogen-bond acceptors (Lipinski definition) is 3. The van der Waals surface area contributed by atoms with Crippen LogP contribution in [0.5, 0.6) is 0 Å². The second kappa shape index (κ2) is 9.15. The number of aromatic nitrogens is 2. The quantitative estimate of drug-likeness (QED) is 0.312. The van der Waals surface area contributed by atoms with Gasteiger partial charge in [-0.1, -0.05) is 35.9 Å². The summed E-state index contributed by atoms with van der Waals surface area (Å²) in [4.78, 5) is 24.0. The number of halogens is 4. The minimum absolute atomic E-state index is 0. The molecule has 0 radical (unpaired) electrons. The first-order chi connectivity index (χ1) is 16.1. The number of para-hydroxylation sites is 1. The number of Topliss-reactive ketones (excluding diaryl/α,β-unsaturated/α-hetero) is 1. The van der Waals surface area contributed by atoms with Crippen LogP contribution in [0.2, 0.25) is 5.02 Å². The Hall–Kier alpha value is -3.91. The minimum Gasteiger partial charge on any atom is -0.322 e. The maximum absolute atomic E-state index is 13.4. The van der Waals surface area contributed by atoms with E-state index in [9.17, 15) is 22.8 Å². The van der Waals surface area contributed by atoms with E-state index in [1.54, 1.807) is 48.5 Å². The number of carbonyl (C=O) groups is 2. The van der Waals surface area contributed by atoms with Crippen molar-refractivity contribution in [1.82, 2.24) is 9.78 Å². The standard InChI is InChI=1S/C25H17ClF3N3O2.H2/c1-15(33)16-10-12-19(13-11-16)30-24(34)18-8-6-17(7-9-18)22-14-23(25(27,28)29)31-32(22)21-5-3-2-4-20(21)26;/h2-14H,1H3,(H,30,34);1H. The molecular weight excluding hydrogens is 467 g/mol. The van der Waals surface area contributed by atoms with E-state index in [1.165, 1.54) is 31.2 Å². The average molecular weight is 486 g/mol. The first-order valence-electron chi connectivity index (χ1n) is 10.1. The molecule has 1 aromatic heterocycles. The van der Waals surface area contributed by atoms with E-state index < -0.39 is 17.8 Å². The third-order valence-electron chi connectivity index (χ3n) is 5.07. The molecule has 0 saturated heterocycles. The van der Waals surface area contributed by atoms with Gasteiger partial charge in [-0.3, -0.25) is 9.59 Å². The van der Waals surface area contributed by atoms with Crippen molar-refractivity contribution in [3.8, 4) is 16.9 Å². The maximum atomic E-state index is 13.4. The zero-order valence-corrected chi connectivity index (χ0v) is 18.5. The molecule has 0 atom stereocenters. The van der Waals surface area contributed by atoms with Gasteiger partial charge < -0.3 is 5.32 Å². The van der Waals surface area contributed by atoms with Gasteiger partial charge in [0.2, 0.25) is 0 Å². The molecule has 0 aliphatic heterocycles. The summed E-state index contributed by atoms with van der Waals surface area (Å²) in [5.74, 6) is -0.490. The molecule has 0 unspecified atom stereocenters. The summed E-state index contributed by atoms with van der Waals surface area (Å²) in [6, 6.07) is 19.9. The van der Waals surface area contributed by atoms with E-state index in [0.717, 1.165) is 10.7 Å². The summed E-state index contributed by atoms with van der Waals surface area (Å²) in [5, 5.41) is 6.69. The van der Waals surface area contributed by atoms with Crippen LogP contribution in [0.4, 0.5) is 18.9 Å². The smallest absolute Gasteiger partial charge is 0.322 e. The first-order valence-corrected chi connectivity index (χ1v) is 10.5. The number of nitrogens with zero attached hydrogens (tertiary/aromatic N) is 2. The summed E-state index contributed by atoms with van der Waals surface area (Å²) < 4.78 is 41.3. The fourth-order valence-corrected chi connectivity index (χ4v) is 3.53. The van der Waals surface area contributed by atoms with E-state index in [0.29, 0.717) is 28.1 Å². The summed E-state index contributed by atoms with van der Waals surface area (Å²) in [7, 11) is 0. The molecule has 9 heteroatoms. The van der Waals surface area contributed by atoms with Gasteiger partial charge in [-0.25, -0.2) is 4.68 Å². The van der Waals surface area contributed by atoms with Crippen LogP contribution < -0.4 is 5.32 Å². The van der Waals surface area contributed by atoms with Crippen LogP contribution in [0.15, 0.2) is 78.9 Å². The predicted molar refractivity (Wildman–Crippen MR) is 126 cm³/mol. The Kier molecular flexibility index (Phi) is 6.26. The Labute approximate surface area is 199 Å². The number of benzene rings is 3. The van der Waals surface area contributed by atoms with Crippen molar-refractivity contribution in [2.45, 2.75) is 13.1 Å². The van der Waals surface area contributed by atoms with Crippen molar-refractivity contribution in [2.24, 2.45) is 0 Å². The highest BCUT2D eigenvalue weighted by Crippen LogP contribution is 2.34. The third-order valence-corrected chi connectivity index (χ3v) is 5.39. The van der Waals surface area contributed by atoms with Gasteiger partial charge in [0, 0.05) is 23.8 Å². The van der Waals surface area contributed by atoms with Gasteiger partial charge in [0.25, 0.3) is 5.91 Å². The van der Waals surface area contributed by atoms with Gasteiger partial charge in [-0.05, 0) is 61.5 Å². The molecule has 0 spiro atoms. The van der Waals surface area contributed by atoms with Crippen molar-refractivity contribution < 1.29 is 24.2 Å². The molecule has 0 saturated carbocycles. The summed E-state index contributed by atoms with van der Waals surface area (Å²) >= 11 is 6.20. The zero-order valence-electron chi connectivity index (χ0n) is 17.7. The Balaban J connectivity index is 0.00000342. The molecular formula is C25H19ClF3N3O2. The highest BCUT2D eigenvalue weighted by atomic mass is 35.5. The molecule has 0 fully saturated rings.